The second-order valence-corrected chi connectivity index (χ2v) is 9.02. The maximum absolute atomic E-state index is 13.0. The lowest BCUT2D eigenvalue weighted by Gasteiger charge is -2.18. The van der Waals surface area contributed by atoms with Crippen molar-refractivity contribution in [3.8, 4) is 11.3 Å². The summed E-state index contributed by atoms with van der Waals surface area (Å²) in [6.07, 6.45) is 0.403. The van der Waals surface area contributed by atoms with Crippen LogP contribution in [0.1, 0.15) is 20.2 Å². The van der Waals surface area contributed by atoms with Gasteiger partial charge in [-0.25, -0.2) is 4.98 Å². The van der Waals surface area contributed by atoms with Crippen LogP contribution in [0.5, 0.6) is 0 Å². The molecule has 0 saturated heterocycles. The molecule has 0 fully saturated rings. The van der Waals surface area contributed by atoms with E-state index in [9.17, 15) is 9.59 Å². The monoisotopic (exact) mass is 447 g/mol. The van der Waals surface area contributed by atoms with Gasteiger partial charge >= 0.3 is 0 Å². The Kier molecular flexibility index (Phi) is 6.54. The van der Waals surface area contributed by atoms with Crippen LogP contribution in [0.2, 0.25) is 0 Å². The van der Waals surface area contributed by atoms with Crippen LogP contribution >= 0.6 is 22.7 Å². The fraction of sp³-hybridized carbons (Fsp3) is 0.125. The van der Waals surface area contributed by atoms with Gasteiger partial charge in [0.2, 0.25) is 5.91 Å². The van der Waals surface area contributed by atoms with Gasteiger partial charge in [0.1, 0.15) is 6.04 Å². The highest BCUT2D eigenvalue weighted by molar-refractivity contribution is 7.12. The third-order valence-electron chi connectivity index (χ3n) is 4.72. The number of carbonyl (C=O) groups excluding carboxylic acids is 2. The Morgan fingerprint density at radius 2 is 1.74 bits per heavy atom. The van der Waals surface area contributed by atoms with Gasteiger partial charge in [-0.3, -0.25) is 9.59 Å². The minimum atomic E-state index is -0.696. The van der Waals surface area contributed by atoms with Crippen molar-refractivity contribution in [1.29, 1.82) is 0 Å². The topological polar surface area (TPSA) is 71.1 Å². The van der Waals surface area contributed by atoms with Gasteiger partial charge < -0.3 is 10.6 Å². The molecule has 0 aliphatic heterocycles. The molecular formula is C24H21N3O2S2. The van der Waals surface area contributed by atoms with Crippen LogP contribution in [0.3, 0.4) is 0 Å². The van der Waals surface area contributed by atoms with E-state index in [2.05, 4.69) is 15.6 Å². The van der Waals surface area contributed by atoms with E-state index in [1.165, 1.54) is 11.3 Å². The molecule has 0 unspecified atom stereocenters. The number of benzene rings is 2. The van der Waals surface area contributed by atoms with Gasteiger partial charge in [-0.1, -0.05) is 48.5 Å². The number of aromatic nitrogens is 1. The highest BCUT2D eigenvalue weighted by atomic mass is 32.1. The predicted molar refractivity (Wildman–Crippen MR) is 127 cm³/mol. The SMILES string of the molecule is Cc1nc(-c2ccc(NC(=O)[C@H](Cc3ccccc3)NC(=O)c3cccs3)cc2)cs1. The number of nitrogens with one attached hydrogen (secondary N) is 2. The van der Waals surface area contributed by atoms with E-state index in [1.54, 1.807) is 17.4 Å². The molecule has 0 spiro atoms. The van der Waals surface area contributed by atoms with Crippen LogP contribution in [0.25, 0.3) is 11.3 Å². The normalized spacial score (nSPS) is 11.6. The quantitative estimate of drug-likeness (QED) is 0.411. The Balaban J connectivity index is 1.48. The van der Waals surface area contributed by atoms with Crippen molar-refractivity contribution in [1.82, 2.24) is 10.3 Å². The molecule has 0 bridgehead atoms. The summed E-state index contributed by atoms with van der Waals surface area (Å²) in [5.41, 5.74) is 3.56. The number of carbonyl (C=O) groups is 2. The van der Waals surface area contributed by atoms with Crippen molar-refractivity contribution in [3.05, 3.63) is 92.9 Å². The van der Waals surface area contributed by atoms with Gasteiger partial charge in [0.15, 0.2) is 0 Å². The minimum Gasteiger partial charge on any atom is -0.339 e. The number of rotatable bonds is 7. The van der Waals surface area contributed by atoms with Crippen molar-refractivity contribution >= 4 is 40.2 Å². The molecule has 2 heterocycles. The van der Waals surface area contributed by atoms with Crippen molar-refractivity contribution in [3.63, 3.8) is 0 Å². The average Bonchev–Trinajstić information content (AvgIpc) is 3.47. The Hall–Kier alpha value is -3.29. The van der Waals surface area contributed by atoms with Crippen molar-refractivity contribution in [2.24, 2.45) is 0 Å². The van der Waals surface area contributed by atoms with E-state index < -0.39 is 6.04 Å². The van der Waals surface area contributed by atoms with E-state index in [0.717, 1.165) is 21.8 Å². The summed E-state index contributed by atoms with van der Waals surface area (Å²) in [7, 11) is 0. The van der Waals surface area contributed by atoms with E-state index in [-0.39, 0.29) is 11.8 Å². The number of aryl methyl sites for hydroxylation is 1. The summed E-state index contributed by atoms with van der Waals surface area (Å²) in [5.74, 6) is -0.508. The molecule has 1 atom stereocenters. The summed E-state index contributed by atoms with van der Waals surface area (Å²) in [4.78, 5) is 30.7. The lowest BCUT2D eigenvalue weighted by Crippen LogP contribution is -2.45. The van der Waals surface area contributed by atoms with Crippen LogP contribution in [-0.4, -0.2) is 22.8 Å². The summed E-state index contributed by atoms with van der Waals surface area (Å²) < 4.78 is 0. The highest BCUT2D eigenvalue weighted by Gasteiger charge is 2.22. The van der Waals surface area contributed by atoms with Crippen LogP contribution in [-0.2, 0) is 11.2 Å². The number of hydrogen-bond acceptors (Lipinski definition) is 5. The third kappa shape index (κ3) is 5.45. The summed E-state index contributed by atoms with van der Waals surface area (Å²) in [6, 6.07) is 20.1. The standard InChI is InChI=1S/C24H21N3O2S2/c1-16-25-21(15-31-16)18-9-11-19(12-10-18)26-23(28)20(14-17-6-3-2-4-7-17)27-24(29)22-8-5-13-30-22/h2-13,15,20H,14H2,1H3,(H,26,28)(H,27,29)/t20-/m0/s1. The molecule has 0 saturated carbocycles. The number of amides is 2. The number of thiazole rings is 1. The fourth-order valence-electron chi connectivity index (χ4n) is 3.15. The Morgan fingerprint density at radius 3 is 2.39 bits per heavy atom. The van der Waals surface area contributed by atoms with E-state index >= 15 is 0 Å². The van der Waals surface area contributed by atoms with Crippen LogP contribution in [0, 0.1) is 6.92 Å². The third-order valence-corrected chi connectivity index (χ3v) is 6.36. The van der Waals surface area contributed by atoms with E-state index in [1.807, 2.05) is 78.3 Å². The summed E-state index contributed by atoms with van der Waals surface area (Å²) >= 11 is 2.95. The lowest BCUT2D eigenvalue weighted by atomic mass is 10.0. The number of hydrogen-bond donors (Lipinski definition) is 2. The first kappa shape index (κ1) is 21.0. The van der Waals surface area contributed by atoms with Gasteiger partial charge in [0.25, 0.3) is 5.91 Å². The molecule has 2 N–H and O–H groups in total. The van der Waals surface area contributed by atoms with Gasteiger partial charge in [0, 0.05) is 23.1 Å². The van der Waals surface area contributed by atoms with Gasteiger partial charge in [-0.15, -0.1) is 22.7 Å². The first-order valence-corrected chi connectivity index (χ1v) is 11.6. The van der Waals surface area contributed by atoms with Crippen molar-refractivity contribution in [2.75, 3.05) is 5.32 Å². The molecule has 2 amide bonds. The zero-order valence-electron chi connectivity index (χ0n) is 16.9. The fourth-order valence-corrected chi connectivity index (χ4v) is 4.39. The molecular weight excluding hydrogens is 426 g/mol. The highest BCUT2D eigenvalue weighted by Crippen LogP contribution is 2.23. The Bertz CT molecular complexity index is 1150. The van der Waals surface area contributed by atoms with Gasteiger partial charge in [-0.05, 0) is 36.1 Å². The molecule has 5 nitrogen and oxygen atoms in total. The van der Waals surface area contributed by atoms with Crippen molar-refractivity contribution in [2.45, 2.75) is 19.4 Å². The lowest BCUT2D eigenvalue weighted by molar-refractivity contribution is -0.118. The Morgan fingerprint density at radius 1 is 0.968 bits per heavy atom. The average molecular weight is 448 g/mol. The van der Waals surface area contributed by atoms with Crippen LogP contribution in [0.15, 0.2) is 77.5 Å². The molecule has 156 valence electrons. The van der Waals surface area contributed by atoms with E-state index in [0.29, 0.717) is 17.0 Å². The van der Waals surface area contributed by atoms with E-state index in [4.69, 9.17) is 0 Å². The molecule has 0 radical (unpaired) electrons. The largest absolute Gasteiger partial charge is 0.339 e. The van der Waals surface area contributed by atoms with Crippen LogP contribution in [0.4, 0.5) is 5.69 Å². The number of thiophene rings is 1. The van der Waals surface area contributed by atoms with Crippen LogP contribution < -0.4 is 10.6 Å². The maximum atomic E-state index is 13.0. The van der Waals surface area contributed by atoms with Crippen molar-refractivity contribution < 1.29 is 9.59 Å². The minimum absolute atomic E-state index is 0.250. The molecule has 31 heavy (non-hydrogen) atoms. The smallest absolute Gasteiger partial charge is 0.262 e. The molecule has 7 heteroatoms. The molecule has 4 aromatic rings. The zero-order valence-corrected chi connectivity index (χ0v) is 18.5. The zero-order chi connectivity index (χ0) is 21.6. The Labute approximate surface area is 188 Å². The molecule has 2 aromatic heterocycles. The predicted octanol–water partition coefficient (Wildman–Crippen LogP) is 5.16. The van der Waals surface area contributed by atoms with Gasteiger partial charge in [0.05, 0.1) is 15.6 Å². The second-order valence-electron chi connectivity index (χ2n) is 7.01. The van der Waals surface area contributed by atoms with Gasteiger partial charge in [-0.2, -0.15) is 0 Å². The molecule has 2 aromatic carbocycles. The molecule has 0 aliphatic carbocycles. The first-order valence-electron chi connectivity index (χ1n) is 9.80. The summed E-state index contributed by atoms with van der Waals surface area (Å²) in [5, 5.41) is 10.7. The number of anilines is 1. The molecule has 0 aliphatic rings. The summed E-state index contributed by atoms with van der Waals surface area (Å²) in [6.45, 7) is 1.97. The number of nitrogens with zero attached hydrogens (tertiary/aromatic N) is 1. The molecule has 4 rings (SSSR count). The second kappa shape index (κ2) is 9.68. The maximum Gasteiger partial charge on any atom is 0.262 e. The first-order chi connectivity index (χ1) is 15.1.